The molecule has 0 aromatic carbocycles. The maximum absolute atomic E-state index is 11.8. The van der Waals surface area contributed by atoms with Gasteiger partial charge in [0.15, 0.2) is 12.2 Å². The lowest BCUT2D eigenvalue weighted by atomic mass is 10.3. The van der Waals surface area contributed by atoms with Gasteiger partial charge in [-0.2, -0.15) is 26.3 Å². The van der Waals surface area contributed by atoms with Gasteiger partial charge in [-0.05, 0) is 6.42 Å². The van der Waals surface area contributed by atoms with Crippen LogP contribution in [0.3, 0.4) is 0 Å². The van der Waals surface area contributed by atoms with Crippen molar-refractivity contribution in [2.45, 2.75) is 31.0 Å². The summed E-state index contributed by atoms with van der Waals surface area (Å²) >= 11 is 0. The highest BCUT2D eigenvalue weighted by Crippen LogP contribution is 2.20. The lowest BCUT2D eigenvalue weighted by Crippen LogP contribution is -2.33. The molecule has 0 aromatic rings. The van der Waals surface area contributed by atoms with Crippen molar-refractivity contribution in [3.8, 4) is 0 Å². The Kier molecular flexibility index (Phi) is 7.64. The molecule has 0 fully saturated rings. The number of halogens is 6. The minimum Gasteiger partial charge on any atom is -0.382 e. The number of aliphatic hydroxyl groups excluding tert-OH is 2. The fourth-order valence-electron chi connectivity index (χ4n) is 0.842. The van der Waals surface area contributed by atoms with Crippen molar-refractivity contribution >= 4 is 0 Å². The molecule has 2 N–H and O–H groups in total. The van der Waals surface area contributed by atoms with Crippen LogP contribution in [0.25, 0.3) is 0 Å². The average molecular weight is 300 g/mol. The van der Waals surface area contributed by atoms with Crippen LogP contribution in [-0.2, 0) is 9.47 Å². The van der Waals surface area contributed by atoms with Gasteiger partial charge >= 0.3 is 12.4 Å². The fraction of sp³-hybridized carbons (Fsp3) is 1.00. The molecular weight excluding hydrogens is 286 g/mol. The van der Waals surface area contributed by atoms with Crippen molar-refractivity contribution in [3.63, 3.8) is 0 Å². The summed E-state index contributed by atoms with van der Waals surface area (Å²) in [6.07, 6.45) is -14.7. The number of ether oxygens (including phenoxy) is 2. The molecule has 0 saturated carbocycles. The van der Waals surface area contributed by atoms with Gasteiger partial charge in [0.05, 0.1) is 13.2 Å². The first-order valence-corrected chi connectivity index (χ1v) is 5.20. The second-order valence-corrected chi connectivity index (χ2v) is 3.62. The van der Waals surface area contributed by atoms with Crippen LogP contribution in [0.15, 0.2) is 0 Å². The predicted molar refractivity (Wildman–Crippen MR) is 50.4 cm³/mol. The number of rotatable bonds is 8. The molecule has 0 saturated heterocycles. The van der Waals surface area contributed by atoms with Crippen molar-refractivity contribution < 1.29 is 46.0 Å². The van der Waals surface area contributed by atoms with Gasteiger partial charge in [0.25, 0.3) is 0 Å². The molecule has 0 amide bonds. The third-order valence-corrected chi connectivity index (χ3v) is 1.88. The number of hydrogen-bond acceptors (Lipinski definition) is 4. The normalized spacial score (nSPS) is 16.4. The summed E-state index contributed by atoms with van der Waals surface area (Å²) < 4.78 is 79.7. The highest BCUT2D eigenvalue weighted by atomic mass is 19.4. The van der Waals surface area contributed by atoms with Crippen molar-refractivity contribution in [1.29, 1.82) is 0 Å². The zero-order valence-corrected chi connectivity index (χ0v) is 9.67. The average Bonchev–Trinajstić information content (AvgIpc) is 2.24. The zero-order valence-electron chi connectivity index (χ0n) is 9.67. The van der Waals surface area contributed by atoms with E-state index < -0.39 is 37.8 Å². The SMILES string of the molecule is OC(COCCCOCC(O)C(F)(F)F)C(F)(F)F. The first kappa shape index (κ1) is 18.4. The molecule has 0 rings (SSSR count). The Morgan fingerprint density at radius 1 is 0.737 bits per heavy atom. The van der Waals surface area contributed by atoms with Crippen molar-refractivity contribution in [3.05, 3.63) is 0 Å². The molecule has 0 aromatic heterocycles. The fourth-order valence-corrected chi connectivity index (χ4v) is 0.842. The van der Waals surface area contributed by atoms with Crippen LogP contribution in [0.1, 0.15) is 6.42 Å². The molecule has 0 aliphatic carbocycles. The first-order chi connectivity index (χ1) is 8.55. The van der Waals surface area contributed by atoms with Gasteiger partial charge < -0.3 is 19.7 Å². The summed E-state index contributed by atoms with van der Waals surface area (Å²) in [6.45, 7) is -2.33. The Hall–Kier alpha value is -0.580. The van der Waals surface area contributed by atoms with Crippen molar-refractivity contribution in [1.82, 2.24) is 0 Å². The highest BCUT2D eigenvalue weighted by molar-refractivity contribution is 4.64. The molecule has 10 heteroatoms. The highest BCUT2D eigenvalue weighted by Gasteiger charge is 2.38. The summed E-state index contributed by atoms with van der Waals surface area (Å²) in [4.78, 5) is 0. The van der Waals surface area contributed by atoms with E-state index in [1.165, 1.54) is 0 Å². The van der Waals surface area contributed by atoms with E-state index >= 15 is 0 Å². The Labute approximate surface area is 104 Å². The van der Waals surface area contributed by atoms with E-state index in [-0.39, 0.29) is 19.6 Å². The largest absolute Gasteiger partial charge is 0.416 e. The standard InChI is InChI=1S/C9H14F6O4/c10-8(11,12)6(16)4-18-2-1-3-19-5-7(17)9(13,14)15/h6-7,16-17H,1-5H2. The second kappa shape index (κ2) is 7.88. The van der Waals surface area contributed by atoms with Gasteiger partial charge in [0, 0.05) is 13.2 Å². The molecule has 2 unspecified atom stereocenters. The van der Waals surface area contributed by atoms with Crippen LogP contribution in [0.5, 0.6) is 0 Å². The molecule has 2 atom stereocenters. The molecular formula is C9H14F6O4. The summed E-state index contributed by atoms with van der Waals surface area (Å²) in [6, 6.07) is 0. The minimum absolute atomic E-state index is 0.0369. The molecule has 0 bridgehead atoms. The summed E-state index contributed by atoms with van der Waals surface area (Å²) in [5.41, 5.74) is 0. The first-order valence-electron chi connectivity index (χ1n) is 5.20. The number of aliphatic hydroxyl groups is 2. The molecule has 0 radical (unpaired) electrons. The van der Waals surface area contributed by atoms with E-state index in [1.807, 2.05) is 0 Å². The van der Waals surface area contributed by atoms with Gasteiger partial charge in [-0.15, -0.1) is 0 Å². The van der Waals surface area contributed by atoms with Gasteiger partial charge in [0.1, 0.15) is 0 Å². The topological polar surface area (TPSA) is 58.9 Å². The Bertz CT molecular complexity index is 218. The third kappa shape index (κ3) is 9.03. The van der Waals surface area contributed by atoms with E-state index in [1.54, 1.807) is 0 Å². The molecule has 116 valence electrons. The quantitative estimate of drug-likeness (QED) is 0.523. The summed E-state index contributed by atoms with van der Waals surface area (Å²) in [7, 11) is 0. The van der Waals surface area contributed by atoms with E-state index in [0.29, 0.717) is 0 Å². The molecule has 0 heterocycles. The maximum atomic E-state index is 11.8. The summed E-state index contributed by atoms with van der Waals surface area (Å²) in [5.74, 6) is 0. The molecule has 19 heavy (non-hydrogen) atoms. The van der Waals surface area contributed by atoms with Crippen LogP contribution in [-0.4, -0.2) is 61.2 Å². The third-order valence-electron chi connectivity index (χ3n) is 1.88. The molecule has 0 aliphatic heterocycles. The maximum Gasteiger partial charge on any atom is 0.416 e. The number of alkyl halides is 6. The zero-order chi connectivity index (χ0) is 15.1. The summed E-state index contributed by atoms with van der Waals surface area (Å²) in [5, 5.41) is 17.0. The lowest BCUT2D eigenvalue weighted by molar-refractivity contribution is -0.219. The molecule has 0 aliphatic rings. The van der Waals surface area contributed by atoms with Crippen LogP contribution >= 0.6 is 0 Å². The van der Waals surface area contributed by atoms with E-state index in [2.05, 4.69) is 9.47 Å². The number of hydrogen-bond donors (Lipinski definition) is 2. The van der Waals surface area contributed by atoms with E-state index in [4.69, 9.17) is 10.2 Å². The van der Waals surface area contributed by atoms with Crippen molar-refractivity contribution in [2.75, 3.05) is 26.4 Å². The van der Waals surface area contributed by atoms with Gasteiger partial charge in [-0.1, -0.05) is 0 Å². The van der Waals surface area contributed by atoms with E-state index in [0.717, 1.165) is 0 Å². The van der Waals surface area contributed by atoms with Crippen LogP contribution in [0.4, 0.5) is 26.3 Å². The Balaban J connectivity index is 3.47. The van der Waals surface area contributed by atoms with Crippen LogP contribution in [0, 0.1) is 0 Å². The molecule has 4 nitrogen and oxygen atoms in total. The van der Waals surface area contributed by atoms with Gasteiger partial charge in [-0.3, -0.25) is 0 Å². The van der Waals surface area contributed by atoms with Crippen LogP contribution in [0.2, 0.25) is 0 Å². The second-order valence-electron chi connectivity index (χ2n) is 3.62. The Morgan fingerprint density at radius 2 is 1.05 bits per heavy atom. The molecule has 0 spiro atoms. The monoisotopic (exact) mass is 300 g/mol. The smallest absolute Gasteiger partial charge is 0.382 e. The van der Waals surface area contributed by atoms with E-state index in [9.17, 15) is 26.3 Å². The Morgan fingerprint density at radius 3 is 1.32 bits per heavy atom. The van der Waals surface area contributed by atoms with Gasteiger partial charge in [0.2, 0.25) is 0 Å². The van der Waals surface area contributed by atoms with Crippen molar-refractivity contribution in [2.24, 2.45) is 0 Å². The predicted octanol–water partition coefficient (Wildman–Crippen LogP) is 1.26. The van der Waals surface area contributed by atoms with Gasteiger partial charge in [-0.25, -0.2) is 0 Å². The minimum atomic E-state index is -4.77. The lowest BCUT2D eigenvalue weighted by Gasteiger charge is -2.15. The van der Waals surface area contributed by atoms with Crippen LogP contribution < -0.4 is 0 Å².